The van der Waals surface area contributed by atoms with Gasteiger partial charge in [-0.15, -0.1) is 6.58 Å². The van der Waals surface area contributed by atoms with Gasteiger partial charge in [0.05, 0.1) is 11.7 Å². The molecule has 0 spiro atoms. The van der Waals surface area contributed by atoms with Crippen LogP contribution in [0.1, 0.15) is 56.9 Å². The normalized spacial score (nSPS) is 41.4. The summed E-state index contributed by atoms with van der Waals surface area (Å²) in [5, 5.41) is 67.4. The number of aliphatic hydroxyl groups is 6. The minimum atomic E-state index is -2.14. The molecule has 9 heteroatoms. The van der Waals surface area contributed by atoms with Crippen molar-refractivity contribution in [2.24, 2.45) is 17.8 Å². The molecule has 6 rings (SSSR count). The van der Waals surface area contributed by atoms with E-state index >= 15 is 0 Å². The lowest BCUT2D eigenvalue weighted by Crippen LogP contribution is -2.70. The van der Waals surface area contributed by atoms with E-state index in [1.165, 1.54) is 0 Å². The topological polar surface area (TPSA) is 149 Å². The van der Waals surface area contributed by atoms with Crippen LogP contribution in [0.2, 0.25) is 0 Å². The SMILES string of the molecule is C=CCc1ccc(OC2OC3C(CCCO)OC#CCC(O)C(C4C=CC5CCCC5(O)C4)CC2(O)C(O)C3O)cc1. The van der Waals surface area contributed by atoms with E-state index < -0.39 is 53.9 Å². The molecule has 0 radical (unpaired) electrons. The lowest BCUT2D eigenvalue weighted by molar-refractivity contribution is -0.334. The number of rotatable bonds is 8. The van der Waals surface area contributed by atoms with Crippen LogP contribution in [-0.2, 0) is 15.9 Å². The van der Waals surface area contributed by atoms with Gasteiger partial charge in [0.25, 0.3) is 0 Å². The number of benzene rings is 1. The highest BCUT2D eigenvalue weighted by atomic mass is 16.7. The Morgan fingerprint density at radius 1 is 1.10 bits per heavy atom. The lowest BCUT2D eigenvalue weighted by Gasteiger charge is -2.51. The van der Waals surface area contributed by atoms with Crippen LogP contribution in [0.15, 0.2) is 49.1 Å². The van der Waals surface area contributed by atoms with Crippen molar-refractivity contribution in [3.63, 3.8) is 0 Å². The zero-order chi connectivity index (χ0) is 29.9. The molecule has 11 unspecified atom stereocenters. The van der Waals surface area contributed by atoms with Gasteiger partial charge < -0.3 is 44.8 Å². The molecule has 1 saturated heterocycles. The Bertz CT molecular complexity index is 1160. The molecule has 3 aliphatic heterocycles. The third-order valence-corrected chi connectivity index (χ3v) is 9.62. The average Bonchev–Trinajstić information content (AvgIpc) is 3.37. The third kappa shape index (κ3) is 6.27. The fraction of sp³-hybridized carbons (Fsp3) is 0.636. The molecule has 0 aromatic heterocycles. The Morgan fingerprint density at radius 3 is 2.62 bits per heavy atom. The maximum atomic E-state index is 12.2. The molecular formula is C33H44O9. The van der Waals surface area contributed by atoms with E-state index in [0.717, 1.165) is 18.4 Å². The van der Waals surface area contributed by atoms with Gasteiger partial charge in [0, 0.05) is 18.9 Å². The van der Waals surface area contributed by atoms with E-state index in [1.807, 2.05) is 24.3 Å². The molecule has 1 saturated carbocycles. The first-order chi connectivity index (χ1) is 20.2. The Morgan fingerprint density at radius 2 is 1.88 bits per heavy atom. The van der Waals surface area contributed by atoms with E-state index in [4.69, 9.17) is 14.2 Å². The van der Waals surface area contributed by atoms with Crippen molar-refractivity contribution in [3.05, 3.63) is 54.6 Å². The lowest BCUT2D eigenvalue weighted by atomic mass is 9.67. The van der Waals surface area contributed by atoms with Crippen LogP contribution in [0, 0.1) is 29.8 Å². The van der Waals surface area contributed by atoms with E-state index in [1.54, 1.807) is 18.2 Å². The van der Waals surface area contributed by atoms with Crippen molar-refractivity contribution in [2.45, 2.75) is 106 Å². The summed E-state index contributed by atoms with van der Waals surface area (Å²) in [5.74, 6) is 2.31. The maximum absolute atomic E-state index is 12.2. The van der Waals surface area contributed by atoms with E-state index in [2.05, 4.69) is 18.6 Å². The molecular weight excluding hydrogens is 540 g/mol. The van der Waals surface area contributed by atoms with Crippen LogP contribution in [-0.4, -0.2) is 85.3 Å². The third-order valence-electron chi connectivity index (χ3n) is 9.62. The summed E-state index contributed by atoms with van der Waals surface area (Å²) in [7, 11) is 0. The number of hydrogen-bond acceptors (Lipinski definition) is 9. The molecule has 1 aromatic rings. The molecule has 0 amide bonds. The second-order valence-electron chi connectivity index (χ2n) is 12.4. The molecule has 42 heavy (non-hydrogen) atoms. The van der Waals surface area contributed by atoms with Crippen LogP contribution < -0.4 is 4.74 Å². The summed E-state index contributed by atoms with van der Waals surface area (Å²) in [6.45, 7) is 3.64. The van der Waals surface area contributed by atoms with E-state index in [9.17, 15) is 30.6 Å². The Kier molecular flexibility index (Phi) is 9.65. The Hall–Kier alpha value is -2.42. The standard InChI is InChI=1S/C33H44O9/c1-2-6-21-10-14-24(15-11-21)41-31-33(39)20-25(22-12-13-23-7-3-16-32(23,38)19-22)26(35)8-5-18-40-27(9-4-17-34)29(42-31)28(36)30(33)37/h2,10-15,22-23,25-31,34-39H,1,3-4,6-9,16-17,19-20H2. The van der Waals surface area contributed by atoms with Crippen LogP contribution in [0.4, 0.5) is 0 Å². The number of ether oxygens (including phenoxy) is 3. The van der Waals surface area contributed by atoms with Crippen LogP contribution in [0.3, 0.4) is 0 Å². The van der Waals surface area contributed by atoms with Gasteiger partial charge in [0.1, 0.15) is 36.3 Å². The van der Waals surface area contributed by atoms with Crippen molar-refractivity contribution in [1.82, 2.24) is 0 Å². The van der Waals surface area contributed by atoms with Gasteiger partial charge in [0.15, 0.2) is 5.60 Å². The number of allylic oxidation sites excluding steroid dienone is 2. The molecule has 6 N–H and O–H groups in total. The van der Waals surface area contributed by atoms with Gasteiger partial charge in [-0.25, -0.2) is 0 Å². The van der Waals surface area contributed by atoms with Crippen molar-refractivity contribution in [1.29, 1.82) is 0 Å². The van der Waals surface area contributed by atoms with Crippen molar-refractivity contribution in [2.75, 3.05) is 6.61 Å². The van der Waals surface area contributed by atoms with Crippen molar-refractivity contribution in [3.8, 4) is 17.8 Å². The summed E-state index contributed by atoms with van der Waals surface area (Å²) in [5.41, 5.74) is -2.02. The van der Waals surface area contributed by atoms with Crippen molar-refractivity contribution >= 4 is 0 Å². The maximum Gasteiger partial charge on any atom is 0.232 e. The van der Waals surface area contributed by atoms with Gasteiger partial charge >= 0.3 is 0 Å². The predicted octanol–water partition coefficient (Wildman–Crippen LogP) is 1.97. The fourth-order valence-electron chi connectivity index (χ4n) is 7.21. The van der Waals surface area contributed by atoms with Crippen molar-refractivity contribution < 1.29 is 44.8 Å². The highest BCUT2D eigenvalue weighted by Gasteiger charge is 2.60. The van der Waals surface area contributed by atoms with Gasteiger partial charge in [-0.05, 0) is 80.9 Å². The molecule has 11 atom stereocenters. The first-order valence-corrected chi connectivity index (χ1v) is 15.1. The predicted molar refractivity (Wildman–Crippen MR) is 154 cm³/mol. The molecule has 1 aromatic carbocycles. The summed E-state index contributed by atoms with van der Waals surface area (Å²) in [6.07, 6.45) is 4.67. The summed E-state index contributed by atoms with van der Waals surface area (Å²) < 4.78 is 18.2. The number of hydrogen-bond donors (Lipinski definition) is 6. The highest BCUT2D eigenvalue weighted by molar-refractivity contribution is 5.29. The fourth-order valence-corrected chi connectivity index (χ4v) is 7.21. The zero-order valence-electron chi connectivity index (χ0n) is 23.9. The van der Waals surface area contributed by atoms with E-state index in [-0.39, 0.29) is 37.7 Å². The van der Waals surface area contributed by atoms with Gasteiger partial charge in [-0.3, -0.25) is 0 Å². The first-order valence-electron chi connectivity index (χ1n) is 15.1. The molecule has 5 aliphatic rings. The molecule has 9 nitrogen and oxygen atoms in total. The van der Waals surface area contributed by atoms with Gasteiger partial charge in [-0.2, -0.15) is 0 Å². The average molecular weight is 585 g/mol. The number of fused-ring (bicyclic) bond motifs is 9. The minimum absolute atomic E-state index is 0.0418. The minimum Gasteiger partial charge on any atom is -0.462 e. The van der Waals surface area contributed by atoms with E-state index in [0.29, 0.717) is 31.4 Å². The second-order valence-corrected chi connectivity index (χ2v) is 12.4. The summed E-state index contributed by atoms with van der Waals surface area (Å²) >= 11 is 0. The summed E-state index contributed by atoms with van der Waals surface area (Å²) in [4.78, 5) is 0. The Labute approximate surface area is 247 Å². The first kappa shape index (κ1) is 31.0. The second kappa shape index (κ2) is 13.1. The quantitative estimate of drug-likeness (QED) is 0.199. The molecule has 230 valence electrons. The van der Waals surface area contributed by atoms with Crippen LogP contribution in [0.5, 0.6) is 5.75 Å². The highest BCUT2D eigenvalue weighted by Crippen LogP contribution is 2.49. The number of aliphatic hydroxyl groups excluding tert-OH is 4. The monoisotopic (exact) mass is 584 g/mol. The summed E-state index contributed by atoms with van der Waals surface area (Å²) in [6, 6.07) is 7.19. The largest absolute Gasteiger partial charge is 0.462 e. The molecule has 2 aliphatic carbocycles. The molecule has 2 bridgehead atoms. The van der Waals surface area contributed by atoms with Gasteiger partial charge in [0.2, 0.25) is 6.29 Å². The zero-order valence-corrected chi connectivity index (χ0v) is 23.9. The Balaban J connectivity index is 1.52. The van der Waals surface area contributed by atoms with Gasteiger partial charge in [-0.1, -0.05) is 36.3 Å². The molecule has 2 fully saturated rings. The smallest absolute Gasteiger partial charge is 0.232 e. The van der Waals surface area contributed by atoms with Crippen LogP contribution in [0.25, 0.3) is 0 Å². The molecule has 3 heterocycles. The van der Waals surface area contributed by atoms with Crippen LogP contribution >= 0.6 is 0 Å².